The zero-order valence-electron chi connectivity index (χ0n) is 10.2. The summed E-state index contributed by atoms with van der Waals surface area (Å²) in [6.45, 7) is 3.16. The lowest BCUT2D eigenvalue weighted by Gasteiger charge is -2.08. The van der Waals surface area contributed by atoms with Gasteiger partial charge in [-0.1, -0.05) is 12.1 Å². The zero-order valence-corrected chi connectivity index (χ0v) is 10.2. The summed E-state index contributed by atoms with van der Waals surface area (Å²) < 4.78 is 1.70. The first kappa shape index (κ1) is 13.6. The molecule has 1 heterocycles. The fourth-order valence-electron chi connectivity index (χ4n) is 1.42. The van der Waals surface area contributed by atoms with Crippen LogP contribution in [0.4, 0.5) is 0 Å². The SMILES string of the molecule is CCC(O)CCNC(=O)CCCn1ccnn1. The molecule has 0 aliphatic carbocycles. The lowest BCUT2D eigenvalue weighted by atomic mass is 10.2. The number of hydrogen-bond acceptors (Lipinski definition) is 4. The summed E-state index contributed by atoms with van der Waals surface area (Å²) in [6, 6.07) is 0. The van der Waals surface area contributed by atoms with Crippen LogP contribution in [0.1, 0.15) is 32.6 Å². The third kappa shape index (κ3) is 6.01. The number of nitrogens with one attached hydrogen (secondary N) is 1. The Hall–Kier alpha value is -1.43. The third-order valence-corrected chi connectivity index (χ3v) is 2.53. The van der Waals surface area contributed by atoms with Gasteiger partial charge in [0.15, 0.2) is 0 Å². The van der Waals surface area contributed by atoms with E-state index >= 15 is 0 Å². The zero-order chi connectivity index (χ0) is 12.5. The van der Waals surface area contributed by atoms with Gasteiger partial charge in [0.05, 0.1) is 12.3 Å². The average Bonchev–Trinajstić information content (AvgIpc) is 2.82. The second-order valence-electron chi connectivity index (χ2n) is 3.97. The van der Waals surface area contributed by atoms with Gasteiger partial charge < -0.3 is 10.4 Å². The number of carbonyl (C=O) groups excluding carboxylic acids is 1. The van der Waals surface area contributed by atoms with Crippen molar-refractivity contribution in [2.45, 2.75) is 45.3 Å². The Morgan fingerprint density at radius 3 is 3.06 bits per heavy atom. The van der Waals surface area contributed by atoms with Crippen molar-refractivity contribution in [1.29, 1.82) is 0 Å². The van der Waals surface area contributed by atoms with E-state index in [0.717, 1.165) is 12.8 Å². The molecule has 0 aliphatic heterocycles. The average molecular weight is 240 g/mol. The van der Waals surface area contributed by atoms with E-state index in [1.807, 2.05) is 6.92 Å². The monoisotopic (exact) mass is 240 g/mol. The molecule has 0 fully saturated rings. The van der Waals surface area contributed by atoms with Crippen LogP contribution in [-0.4, -0.2) is 38.7 Å². The Kier molecular flexibility index (Phi) is 6.24. The number of rotatable bonds is 8. The van der Waals surface area contributed by atoms with Gasteiger partial charge in [-0.05, 0) is 19.3 Å². The summed E-state index contributed by atoms with van der Waals surface area (Å²) in [5.41, 5.74) is 0. The van der Waals surface area contributed by atoms with Crippen LogP contribution < -0.4 is 5.32 Å². The van der Waals surface area contributed by atoms with E-state index < -0.39 is 0 Å². The van der Waals surface area contributed by atoms with Crippen molar-refractivity contribution in [3.05, 3.63) is 12.4 Å². The normalized spacial score (nSPS) is 12.4. The summed E-state index contributed by atoms with van der Waals surface area (Å²) in [4.78, 5) is 11.4. The van der Waals surface area contributed by atoms with Crippen molar-refractivity contribution in [1.82, 2.24) is 20.3 Å². The van der Waals surface area contributed by atoms with Gasteiger partial charge in [0.1, 0.15) is 0 Å². The Balaban J connectivity index is 2.01. The van der Waals surface area contributed by atoms with Gasteiger partial charge in [0.2, 0.25) is 5.91 Å². The van der Waals surface area contributed by atoms with Gasteiger partial charge >= 0.3 is 0 Å². The van der Waals surface area contributed by atoms with E-state index in [0.29, 0.717) is 25.9 Å². The number of carbonyl (C=O) groups is 1. The minimum Gasteiger partial charge on any atom is -0.393 e. The van der Waals surface area contributed by atoms with Gasteiger partial charge in [-0.25, -0.2) is 0 Å². The number of aliphatic hydroxyl groups is 1. The van der Waals surface area contributed by atoms with Gasteiger partial charge in [-0.3, -0.25) is 9.48 Å². The molecule has 1 aromatic rings. The van der Waals surface area contributed by atoms with Crippen LogP contribution in [0.25, 0.3) is 0 Å². The highest BCUT2D eigenvalue weighted by atomic mass is 16.3. The van der Waals surface area contributed by atoms with E-state index in [1.54, 1.807) is 17.1 Å². The van der Waals surface area contributed by atoms with Gasteiger partial charge in [-0.2, -0.15) is 0 Å². The van der Waals surface area contributed by atoms with Crippen LogP contribution in [-0.2, 0) is 11.3 Å². The smallest absolute Gasteiger partial charge is 0.220 e. The summed E-state index contributed by atoms with van der Waals surface area (Å²) in [5.74, 6) is 0.0217. The molecule has 1 atom stereocenters. The summed E-state index contributed by atoms with van der Waals surface area (Å²) in [5, 5.41) is 19.6. The van der Waals surface area contributed by atoms with E-state index in [9.17, 15) is 9.90 Å². The van der Waals surface area contributed by atoms with Gasteiger partial charge in [-0.15, -0.1) is 5.10 Å². The van der Waals surface area contributed by atoms with Crippen molar-refractivity contribution < 1.29 is 9.90 Å². The predicted molar refractivity (Wildman–Crippen MR) is 63.2 cm³/mol. The Morgan fingerprint density at radius 2 is 2.41 bits per heavy atom. The van der Waals surface area contributed by atoms with Crippen LogP contribution in [0.3, 0.4) is 0 Å². The van der Waals surface area contributed by atoms with Crippen molar-refractivity contribution in [2.24, 2.45) is 0 Å². The molecular weight excluding hydrogens is 220 g/mol. The fraction of sp³-hybridized carbons (Fsp3) is 0.727. The number of aryl methyl sites for hydroxylation is 1. The van der Waals surface area contributed by atoms with Crippen molar-refractivity contribution >= 4 is 5.91 Å². The molecule has 0 radical (unpaired) electrons. The summed E-state index contributed by atoms with van der Waals surface area (Å²) >= 11 is 0. The van der Waals surface area contributed by atoms with E-state index in [1.165, 1.54) is 0 Å². The van der Waals surface area contributed by atoms with Crippen LogP contribution in [0, 0.1) is 0 Å². The first-order valence-corrected chi connectivity index (χ1v) is 6.01. The molecule has 2 N–H and O–H groups in total. The molecule has 0 saturated heterocycles. The molecule has 0 saturated carbocycles. The molecule has 96 valence electrons. The molecule has 0 aromatic carbocycles. The van der Waals surface area contributed by atoms with Crippen LogP contribution >= 0.6 is 0 Å². The number of aliphatic hydroxyl groups excluding tert-OH is 1. The first-order valence-electron chi connectivity index (χ1n) is 6.01. The first-order chi connectivity index (χ1) is 8.22. The van der Waals surface area contributed by atoms with Crippen LogP contribution in [0.15, 0.2) is 12.4 Å². The van der Waals surface area contributed by atoms with Crippen molar-refractivity contribution in [2.75, 3.05) is 6.54 Å². The Labute approximate surface area is 101 Å². The number of amides is 1. The highest BCUT2D eigenvalue weighted by molar-refractivity contribution is 5.75. The van der Waals surface area contributed by atoms with Crippen molar-refractivity contribution in [3.8, 4) is 0 Å². The van der Waals surface area contributed by atoms with Crippen LogP contribution in [0.5, 0.6) is 0 Å². The standard InChI is InChI=1S/C11H20N4O2/c1-2-10(16)5-6-12-11(17)4-3-8-15-9-7-13-14-15/h7,9-10,16H,2-6,8H2,1H3,(H,12,17). The second-order valence-corrected chi connectivity index (χ2v) is 3.97. The second kappa shape index (κ2) is 7.78. The molecular formula is C11H20N4O2. The minimum atomic E-state index is -0.314. The lowest BCUT2D eigenvalue weighted by molar-refractivity contribution is -0.121. The topological polar surface area (TPSA) is 80.0 Å². The molecule has 1 amide bonds. The van der Waals surface area contributed by atoms with Crippen molar-refractivity contribution in [3.63, 3.8) is 0 Å². The Morgan fingerprint density at radius 1 is 1.59 bits per heavy atom. The van der Waals surface area contributed by atoms with E-state index in [-0.39, 0.29) is 12.0 Å². The lowest BCUT2D eigenvalue weighted by Crippen LogP contribution is -2.27. The number of aromatic nitrogens is 3. The quantitative estimate of drug-likeness (QED) is 0.686. The summed E-state index contributed by atoms with van der Waals surface area (Å²) in [7, 11) is 0. The maximum Gasteiger partial charge on any atom is 0.220 e. The summed E-state index contributed by atoms with van der Waals surface area (Å²) in [6.07, 6.45) is 5.63. The van der Waals surface area contributed by atoms with Gasteiger partial charge in [0, 0.05) is 25.7 Å². The number of nitrogens with zero attached hydrogens (tertiary/aromatic N) is 3. The Bertz CT molecular complexity index is 313. The number of hydrogen-bond donors (Lipinski definition) is 2. The fourth-order valence-corrected chi connectivity index (χ4v) is 1.42. The van der Waals surface area contributed by atoms with E-state index in [4.69, 9.17) is 0 Å². The molecule has 6 nitrogen and oxygen atoms in total. The molecule has 1 unspecified atom stereocenters. The van der Waals surface area contributed by atoms with Crippen LogP contribution in [0.2, 0.25) is 0 Å². The molecule has 0 bridgehead atoms. The largest absolute Gasteiger partial charge is 0.393 e. The van der Waals surface area contributed by atoms with E-state index in [2.05, 4.69) is 15.6 Å². The molecule has 0 spiro atoms. The maximum absolute atomic E-state index is 11.4. The molecule has 0 aliphatic rings. The molecule has 17 heavy (non-hydrogen) atoms. The highest BCUT2D eigenvalue weighted by Crippen LogP contribution is 1.96. The highest BCUT2D eigenvalue weighted by Gasteiger charge is 2.03. The maximum atomic E-state index is 11.4. The third-order valence-electron chi connectivity index (χ3n) is 2.53. The predicted octanol–water partition coefficient (Wildman–Crippen LogP) is 0.335. The minimum absolute atomic E-state index is 0.0217. The molecule has 1 aromatic heterocycles. The van der Waals surface area contributed by atoms with Gasteiger partial charge in [0.25, 0.3) is 0 Å². The molecule has 1 rings (SSSR count). The molecule has 6 heteroatoms.